The smallest absolute Gasteiger partial charge is 0.262 e. The van der Waals surface area contributed by atoms with Gasteiger partial charge in [0.2, 0.25) is 0 Å². The van der Waals surface area contributed by atoms with Crippen molar-refractivity contribution in [2.45, 2.75) is 23.8 Å². The Hall–Kier alpha value is -1.47. The van der Waals surface area contributed by atoms with E-state index >= 15 is 0 Å². The second-order valence-corrected chi connectivity index (χ2v) is 8.50. The van der Waals surface area contributed by atoms with Gasteiger partial charge in [0, 0.05) is 23.1 Å². The molecule has 2 aromatic carbocycles. The summed E-state index contributed by atoms with van der Waals surface area (Å²) in [5, 5.41) is 10.2. The Morgan fingerprint density at radius 3 is 2.28 bits per heavy atom. The summed E-state index contributed by atoms with van der Waals surface area (Å²) >= 11 is 11.8. The van der Waals surface area contributed by atoms with Crippen LogP contribution in [0.3, 0.4) is 0 Å². The monoisotopic (exact) mass is 400 g/mol. The minimum atomic E-state index is -3.83. The number of halogens is 2. The van der Waals surface area contributed by atoms with Gasteiger partial charge in [0.15, 0.2) is 0 Å². The van der Waals surface area contributed by atoms with Gasteiger partial charge < -0.3 is 10.0 Å². The van der Waals surface area contributed by atoms with Gasteiger partial charge in [0.25, 0.3) is 10.0 Å². The second-order valence-electron chi connectivity index (χ2n) is 5.95. The number of aliphatic hydroxyl groups excluding tert-OH is 1. The van der Waals surface area contributed by atoms with Crippen molar-refractivity contribution < 1.29 is 13.5 Å². The van der Waals surface area contributed by atoms with Crippen molar-refractivity contribution in [1.82, 2.24) is 0 Å². The van der Waals surface area contributed by atoms with Gasteiger partial charge in [-0.2, -0.15) is 0 Å². The SMILES string of the molecule is O=S(=O)(Nc1ccccc1N1CCC(O)CC1)c1cc(Cl)cc(Cl)c1. The summed E-state index contributed by atoms with van der Waals surface area (Å²) in [5.41, 5.74) is 1.26. The predicted octanol–water partition coefficient (Wildman–Crippen LogP) is 3.76. The van der Waals surface area contributed by atoms with Crippen LogP contribution < -0.4 is 9.62 Å². The van der Waals surface area contributed by atoms with Crippen LogP contribution in [0.2, 0.25) is 10.0 Å². The molecule has 2 aromatic rings. The molecule has 25 heavy (non-hydrogen) atoms. The number of para-hydroxylation sites is 2. The molecule has 0 saturated carbocycles. The third-order valence-electron chi connectivity index (χ3n) is 4.10. The van der Waals surface area contributed by atoms with Crippen molar-refractivity contribution in [3.63, 3.8) is 0 Å². The van der Waals surface area contributed by atoms with E-state index in [2.05, 4.69) is 9.62 Å². The Morgan fingerprint density at radius 1 is 1.04 bits per heavy atom. The molecule has 0 bridgehead atoms. The third kappa shape index (κ3) is 4.39. The second kappa shape index (κ2) is 7.41. The van der Waals surface area contributed by atoms with Gasteiger partial charge in [-0.1, -0.05) is 35.3 Å². The van der Waals surface area contributed by atoms with Crippen LogP contribution in [-0.4, -0.2) is 32.7 Å². The number of rotatable bonds is 4. The Balaban J connectivity index is 1.90. The van der Waals surface area contributed by atoms with Crippen LogP contribution in [0.25, 0.3) is 0 Å². The number of benzene rings is 2. The highest BCUT2D eigenvalue weighted by molar-refractivity contribution is 7.92. The average molecular weight is 401 g/mol. The fourth-order valence-corrected chi connectivity index (χ4v) is 4.63. The summed E-state index contributed by atoms with van der Waals surface area (Å²) in [6.07, 6.45) is 1.02. The first-order valence-electron chi connectivity index (χ1n) is 7.86. The largest absolute Gasteiger partial charge is 0.393 e. The van der Waals surface area contributed by atoms with Crippen molar-refractivity contribution in [2.24, 2.45) is 0 Å². The van der Waals surface area contributed by atoms with Gasteiger partial charge in [-0.05, 0) is 43.2 Å². The molecule has 0 spiro atoms. The van der Waals surface area contributed by atoms with Crippen molar-refractivity contribution in [3.8, 4) is 0 Å². The molecule has 0 aliphatic carbocycles. The molecular formula is C17H18Cl2N2O3S. The van der Waals surface area contributed by atoms with Gasteiger partial charge in [-0.25, -0.2) is 8.42 Å². The molecule has 3 rings (SSSR count). The van der Waals surface area contributed by atoms with Crippen LogP contribution in [0.15, 0.2) is 47.4 Å². The summed E-state index contributed by atoms with van der Waals surface area (Å²) < 4.78 is 28.0. The normalized spacial score (nSPS) is 16.0. The summed E-state index contributed by atoms with van der Waals surface area (Å²) in [5.74, 6) is 0. The Kier molecular flexibility index (Phi) is 5.43. The highest BCUT2D eigenvalue weighted by atomic mass is 35.5. The van der Waals surface area contributed by atoms with Gasteiger partial charge in [-0.15, -0.1) is 0 Å². The highest BCUT2D eigenvalue weighted by Gasteiger charge is 2.22. The third-order valence-corrected chi connectivity index (χ3v) is 5.88. The first-order valence-corrected chi connectivity index (χ1v) is 10.1. The zero-order valence-electron chi connectivity index (χ0n) is 13.3. The maximum Gasteiger partial charge on any atom is 0.262 e. The predicted molar refractivity (Wildman–Crippen MR) is 101 cm³/mol. The van der Waals surface area contributed by atoms with Gasteiger partial charge in [0.05, 0.1) is 22.4 Å². The van der Waals surface area contributed by atoms with Gasteiger partial charge in [-0.3, -0.25) is 4.72 Å². The van der Waals surface area contributed by atoms with Crippen LogP contribution in [-0.2, 0) is 10.0 Å². The quantitative estimate of drug-likeness (QED) is 0.819. The lowest BCUT2D eigenvalue weighted by Gasteiger charge is -2.32. The number of sulfonamides is 1. The standard InChI is InChI=1S/C17H18Cl2N2O3S/c18-12-9-13(19)11-15(10-12)25(23,24)20-16-3-1-2-4-17(16)21-7-5-14(22)6-8-21/h1-4,9-11,14,20,22H,5-8H2. The summed E-state index contributed by atoms with van der Waals surface area (Å²) in [4.78, 5) is 2.07. The Morgan fingerprint density at radius 2 is 1.64 bits per heavy atom. The zero-order chi connectivity index (χ0) is 18.0. The molecule has 0 aromatic heterocycles. The fraction of sp³-hybridized carbons (Fsp3) is 0.294. The molecule has 0 radical (unpaired) electrons. The molecule has 1 heterocycles. The van der Waals surface area contributed by atoms with Gasteiger partial charge in [0.1, 0.15) is 0 Å². The van der Waals surface area contributed by atoms with Crippen LogP contribution in [0.5, 0.6) is 0 Å². The lowest BCUT2D eigenvalue weighted by atomic mass is 10.1. The minimum absolute atomic E-state index is 0.00821. The van der Waals surface area contributed by atoms with Crippen molar-refractivity contribution >= 4 is 44.6 Å². The Bertz CT molecular complexity index is 846. The molecule has 0 amide bonds. The van der Waals surface area contributed by atoms with Crippen LogP contribution >= 0.6 is 23.2 Å². The van der Waals surface area contributed by atoms with Crippen LogP contribution in [0.1, 0.15) is 12.8 Å². The molecule has 0 unspecified atom stereocenters. The number of hydrogen-bond donors (Lipinski definition) is 2. The van der Waals surface area contributed by atoms with Crippen molar-refractivity contribution in [2.75, 3.05) is 22.7 Å². The van der Waals surface area contributed by atoms with Crippen molar-refractivity contribution in [1.29, 1.82) is 0 Å². The number of nitrogens with zero attached hydrogens (tertiary/aromatic N) is 1. The molecule has 1 saturated heterocycles. The number of aliphatic hydroxyl groups is 1. The fourth-order valence-electron chi connectivity index (χ4n) is 2.83. The van der Waals surface area contributed by atoms with E-state index in [4.69, 9.17) is 23.2 Å². The number of nitrogens with one attached hydrogen (secondary N) is 1. The molecule has 5 nitrogen and oxygen atoms in total. The first-order chi connectivity index (χ1) is 11.8. The topological polar surface area (TPSA) is 69.6 Å². The minimum Gasteiger partial charge on any atom is -0.393 e. The van der Waals surface area contributed by atoms with E-state index in [1.54, 1.807) is 12.1 Å². The lowest BCUT2D eigenvalue weighted by molar-refractivity contribution is 0.145. The van der Waals surface area contributed by atoms with E-state index in [1.165, 1.54) is 18.2 Å². The molecule has 134 valence electrons. The molecule has 1 aliphatic heterocycles. The summed E-state index contributed by atoms with van der Waals surface area (Å²) in [6, 6.07) is 11.4. The molecule has 1 aliphatic rings. The summed E-state index contributed by atoms with van der Waals surface area (Å²) in [7, 11) is -3.83. The van der Waals surface area contributed by atoms with E-state index in [0.717, 1.165) is 5.69 Å². The molecule has 0 atom stereocenters. The van der Waals surface area contributed by atoms with E-state index in [1.807, 2.05) is 12.1 Å². The maximum absolute atomic E-state index is 12.7. The lowest BCUT2D eigenvalue weighted by Crippen LogP contribution is -2.36. The van der Waals surface area contributed by atoms with Crippen molar-refractivity contribution in [3.05, 3.63) is 52.5 Å². The molecule has 2 N–H and O–H groups in total. The summed E-state index contributed by atoms with van der Waals surface area (Å²) in [6.45, 7) is 1.34. The Labute approximate surface area is 157 Å². The maximum atomic E-state index is 12.7. The zero-order valence-corrected chi connectivity index (χ0v) is 15.7. The van der Waals surface area contributed by atoms with E-state index in [0.29, 0.717) is 31.6 Å². The van der Waals surface area contributed by atoms with Crippen LogP contribution in [0, 0.1) is 0 Å². The average Bonchev–Trinajstić information content (AvgIpc) is 2.55. The molecule has 1 fully saturated rings. The van der Waals surface area contributed by atoms with E-state index in [9.17, 15) is 13.5 Å². The van der Waals surface area contributed by atoms with Gasteiger partial charge >= 0.3 is 0 Å². The molecular weight excluding hydrogens is 383 g/mol. The van der Waals surface area contributed by atoms with Crippen LogP contribution in [0.4, 0.5) is 11.4 Å². The first kappa shape index (κ1) is 18.3. The van der Waals surface area contributed by atoms with E-state index < -0.39 is 10.0 Å². The van der Waals surface area contributed by atoms with E-state index in [-0.39, 0.29) is 21.0 Å². The molecule has 8 heteroatoms. The highest BCUT2D eigenvalue weighted by Crippen LogP contribution is 2.31. The number of anilines is 2. The number of hydrogen-bond acceptors (Lipinski definition) is 4. The number of piperidine rings is 1.